The predicted molar refractivity (Wildman–Crippen MR) is 86.2 cm³/mol. The van der Waals surface area contributed by atoms with E-state index in [4.69, 9.17) is 11.6 Å². The monoisotopic (exact) mass is 457 g/mol. The van der Waals surface area contributed by atoms with Crippen LogP contribution in [0, 0.1) is 0 Å². The van der Waals surface area contributed by atoms with E-state index in [0.29, 0.717) is 5.02 Å². The van der Waals surface area contributed by atoms with Gasteiger partial charge in [0.15, 0.2) is 0 Å². The van der Waals surface area contributed by atoms with Crippen molar-refractivity contribution in [3.8, 4) is 0 Å². The van der Waals surface area contributed by atoms with Gasteiger partial charge in [0.25, 0.3) is 0 Å². The summed E-state index contributed by atoms with van der Waals surface area (Å²) in [7, 11) is 0. The molecule has 6 heteroatoms. The van der Waals surface area contributed by atoms with E-state index in [-0.39, 0.29) is 0 Å². The molecular formula is C11H7Br3ClNS. The van der Waals surface area contributed by atoms with Crippen LogP contribution in [0.2, 0.25) is 5.02 Å². The Balaban J connectivity index is 2.07. The second-order valence-electron chi connectivity index (χ2n) is 3.31. The second kappa shape index (κ2) is 6.06. The molecule has 90 valence electrons. The highest BCUT2D eigenvalue weighted by Gasteiger charge is 2.05. The first-order valence-electron chi connectivity index (χ1n) is 4.69. The Hall–Kier alpha value is 0.450. The zero-order valence-electron chi connectivity index (χ0n) is 8.44. The van der Waals surface area contributed by atoms with Gasteiger partial charge in [-0.15, -0.1) is 11.3 Å². The molecule has 2 rings (SSSR count). The number of thiophene rings is 1. The van der Waals surface area contributed by atoms with Gasteiger partial charge in [-0.1, -0.05) is 27.5 Å². The maximum atomic E-state index is 6.12. The SMILES string of the molecule is Clc1cc(Br)ccc1NCc1cc(Br)c(Br)s1. The maximum absolute atomic E-state index is 6.12. The Kier molecular flexibility index (Phi) is 4.95. The fourth-order valence-electron chi connectivity index (χ4n) is 1.29. The molecule has 17 heavy (non-hydrogen) atoms. The first kappa shape index (κ1) is 13.9. The zero-order valence-corrected chi connectivity index (χ0v) is 14.8. The van der Waals surface area contributed by atoms with Crippen LogP contribution in [0.5, 0.6) is 0 Å². The third kappa shape index (κ3) is 3.70. The summed E-state index contributed by atoms with van der Waals surface area (Å²) in [6.07, 6.45) is 0. The second-order valence-corrected chi connectivity index (χ2v) is 7.94. The van der Waals surface area contributed by atoms with E-state index >= 15 is 0 Å². The van der Waals surface area contributed by atoms with Crippen molar-refractivity contribution < 1.29 is 0 Å². The van der Waals surface area contributed by atoms with Crippen LogP contribution in [0.4, 0.5) is 5.69 Å². The van der Waals surface area contributed by atoms with Gasteiger partial charge < -0.3 is 5.32 Å². The molecule has 1 aromatic heterocycles. The molecule has 0 bridgehead atoms. The molecule has 0 spiro atoms. The number of hydrogen-bond acceptors (Lipinski definition) is 2. The lowest BCUT2D eigenvalue weighted by Crippen LogP contribution is -1.97. The van der Waals surface area contributed by atoms with Gasteiger partial charge in [-0.3, -0.25) is 0 Å². The van der Waals surface area contributed by atoms with Gasteiger partial charge in [-0.25, -0.2) is 0 Å². The molecule has 0 aliphatic carbocycles. The van der Waals surface area contributed by atoms with Crippen molar-refractivity contribution in [2.45, 2.75) is 6.54 Å². The van der Waals surface area contributed by atoms with Gasteiger partial charge in [-0.2, -0.15) is 0 Å². The van der Waals surface area contributed by atoms with E-state index in [9.17, 15) is 0 Å². The summed E-state index contributed by atoms with van der Waals surface area (Å²) in [5.74, 6) is 0. The molecular weight excluding hydrogens is 453 g/mol. The van der Waals surface area contributed by atoms with E-state index in [1.54, 1.807) is 11.3 Å². The number of hydrogen-bond donors (Lipinski definition) is 1. The summed E-state index contributed by atoms with van der Waals surface area (Å²) < 4.78 is 3.17. The Morgan fingerprint density at radius 2 is 1.94 bits per heavy atom. The summed E-state index contributed by atoms with van der Waals surface area (Å²) in [5.41, 5.74) is 0.940. The summed E-state index contributed by atoms with van der Waals surface area (Å²) in [4.78, 5) is 1.24. The molecule has 1 N–H and O–H groups in total. The van der Waals surface area contributed by atoms with Crippen molar-refractivity contribution in [1.82, 2.24) is 0 Å². The zero-order chi connectivity index (χ0) is 12.4. The number of benzene rings is 1. The average Bonchev–Trinajstić information content (AvgIpc) is 2.57. The molecule has 0 unspecified atom stereocenters. The van der Waals surface area contributed by atoms with Crippen LogP contribution in [0.15, 0.2) is 37.0 Å². The summed E-state index contributed by atoms with van der Waals surface area (Å²) in [6, 6.07) is 7.90. The highest BCUT2D eigenvalue weighted by Crippen LogP contribution is 2.33. The van der Waals surface area contributed by atoms with Crippen LogP contribution in [-0.4, -0.2) is 0 Å². The van der Waals surface area contributed by atoms with E-state index in [0.717, 1.165) is 25.0 Å². The average molecular weight is 460 g/mol. The number of halogens is 4. The Morgan fingerprint density at radius 1 is 1.18 bits per heavy atom. The highest BCUT2D eigenvalue weighted by atomic mass is 79.9. The van der Waals surface area contributed by atoms with Gasteiger partial charge in [-0.05, 0) is 56.1 Å². The summed E-state index contributed by atoms with van der Waals surface area (Å²) in [6.45, 7) is 0.760. The lowest BCUT2D eigenvalue weighted by Gasteiger charge is -2.07. The van der Waals surface area contributed by atoms with Crippen molar-refractivity contribution in [2.24, 2.45) is 0 Å². The lowest BCUT2D eigenvalue weighted by atomic mass is 10.3. The molecule has 1 heterocycles. The minimum atomic E-state index is 0.717. The molecule has 2 aromatic rings. The Bertz CT molecular complexity index is 522. The van der Waals surface area contributed by atoms with E-state index in [1.807, 2.05) is 18.2 Å². The van der Waals surface area contributed by atoms with Gasteiger partial charge in [0.05, 0.1) is 14.5 Å². The minimum absolute atomic E-state index is 0.717. The summed E-state index contributed by atoms with van der Waals surface area (Å²) >= 11 is 18.2. The van der Waals surface area contributed by atoms with Crippen molar-refractivity contribution in [3.63, 3.8) is 0 Å². The molecule has 0 amide bonds. The fourth-order valence-corrected chi connectivity index (χ4v) is 4.15. The smallest absolute Gasteiger partial charge is 0.0843 e. The standard InChI is InChI=1S/C11H7Br3ClNS/c12-6-1-2-10(9(15)3-6)16-5-7-4-8(13)11(14)17-7/h1-4,16H,5H2. The first-order chi connectivity index (χ1) is 8.06. The Labute approximate surface area is 134 Å². The van der Waals surface area contributed by atoms with E-state index in [2.05, 4.69) is 59.2 Å². The Morgan fingerprint density at radius 3 is 2.53 bits per heavy atom. The largest absolute Gasteiger partial charge is 0.379 e. The third-order valence-corrected chi connectivity index (χ3v) is 6.14. The van der Waals surface area contributed by atoms with Crippen molar-refractivity contribution >= 4 is 76.4 Å². The highest BCUT2D eigenvalue weighted by molar-refractivity contribution is 9.13. The normalized spacial score (nSPS) is 10.6. The van der Waals surface area contributed by atoms with Gasteiger partial charge in [0.1, 0.15) is 0 Å². The van der Waals surface area contributed by atoms with Crippen LogP contribution in [0.1, 0.15) is 4.88 Å². The minimum Gasteiger partial charge on any atom is -0.379 e. The van der Waals surface area contributed by atoms with Crippen molar-refractivity contribution in [2.75, 3.05) is 5.32 Å². The molecule has 0 aliphatic heterocycles. The van der Waals surface area contributed by atoms with Gasteiger partial charge in [0, 0.05) is 20.4 Å². The molecule has 0 saturated carbocycles. The van der Waals surface area contributed by atoms with Crippen molar-refractivity contribution in [1.29, 1.82) is 0 Å². The lowest BCUT2D eigenvalue weighted by molar-refractivity contribution is 1.19. The molecule has 0 atom stereocenters. The maximum Gasteiger partial charge on any atom is 0.0843 e. The summed E-state index contributed by atoms with van der Waals surface area (Å²) in [5, 5.41) is 4.03. The third-order valence-electron chi connectivity index (χ3n) is 2.08. The van der Waals surface area contributed by atoms with Crippen LogP contribution >= 0.6 is 70.7 Å². The predicted octanol–water partition coefficient (Wildman–Crippen LogP) is 6.30. The molecule has 0 fully saturated rings. The van der Waals surface area contributed by atoms with E-state index < -0.39 is 0 Å². The number of rotatable bonds is 3. The number of anilines is 1. The number of nitrogens with one attached hydrogen (secondary N) is 1. The van der Waals surface area contributed by atoms with Crippen molar-refractivity contribution in [3.05, 3.63) is 46.9 Å². The molecule has 0 saturated heterocycles. The molecule has 0 radical (unpaired) electrons. The van der Waals surface area contributed by atoms with E-state index in [1.165, 1.54) is 4.88 Å². The first-order valence-corrected chi connectivity index (χ1v) is 8.26. The molecule has 1 nitrogen and oxygen atoms in total. The van der Waals surface area contributed by atoms with Gasteiger partial charge >= 0.3 is 0 Å². The quantitative estimate of drug-likeness (QED) is 0.567. The van der Waals surface area contributed by atoms with Crippen LogP contribution in [0.25, 0.3) is 0 Å². The molecule has 0 aliphatic rings. The molecule has 1 aromatic carbocycles. The fraction of sp³-hybridized carbons (Fsp3) is 0.0909. The van der Waals surface area contributed by atoms with Crippen LogP contribution < -0.4 is 5.32 Å². The topological polar surface area (TPSA) is 12.0 Å². The van der Waals surface area contributed by atoms with Crippen LogP contribution in [0.3, 0.4) is 0 Å². The van der Waals surface area contributed by atoms with Gasteiger partial charge in [0.2, 0.25) is 0 Å². The van der Waals surface area contributed by atoms with Crippen LogP contribution in [-0.2, 0) is 6.54 Å².